The maximum absolute atomic E-state index is 9.39. The molecule has 2 aliphatic carbocycles. The first kappa shape index (κ1) is 15.2. The Morgan fingerprint density at radius 1 is 1.35 bits per heavy atom. The monoisotopic (exact) mass is 278 g/mol. The molecular weight excluding hydrogens is 252 g/mol. The van der Waals surface area contributed by atoms with E-state index in [-0.39, 0.29) is 12.0 Å². The van der Waals surface area contributed by atoms with Crippen LogP contribution in [0.1, 0.15) is 39.5 Å². The summed E-state index contributed by atoms with van der Waals surface area (Å²) >= 11 is 0. The van der Waals surface area contributed by atoms with Gasteiger partial charge in [-0.05, 0) is 42.9 Å². The molecule has 0 aromatic carbocycles. The predicted molar refractivity (Wildman–Crippen MR) is 80.0 cm³/mol. The van der Waals surface area contributed by atoms with Gasteiger partial charge in [0.05, 0.1) is 26.1 Å². The number of aliphatic hydroxyl groups excluding tert-OH is 1. The Balaban J connectivity index is 2.13. The zero-order valence-corrected chi connectivity index (χ0v) is 12.8. The Bertz CT molecular complexity index is 426. The third kappa shape index (κ3) is 3.89. The van der Waals surface area contributed by atoms with E-state index in [9.17, 15) is 5.11 Å². The van der Waals surface area contributed by atoms with Gasteiger partial charge >= 0.3 is 0 Å². The average molecular weight is 278 g/mol. The lowest BCUT2D eigenvalue weighted by Crippen LogP contribution is -2.15. The molecule has 0 amide bonds. The third-order valence-electron chi connectivity index (χ3n) is 3.96. The van der Waals surface area contributed by atoms with Crippen LogP contribution < -0.4 is 0 Å². The fourth-order valence-electron chi connectivity index (χ4n) is 2.35. The predicted octanol–water partition coefficient (Wildman–Crippen LogP) is 3.57. The lowest BCUT2D eigenvalue weighted by Gasteiger charge is -2.17. The molecular formula is C17H26O3. The molecule has 112 valence electrons. The molecule has 0 unspecified atom stereocenters. The van der Waals surface area contributed by atoms with Crippen LogP contribution in [0.5, 0.6) is 0 Å². The molecule has 0 aliphatic heterocycles. The van der Waals surface area contributed by atoms with Crippen LogP contribution in [-0.2, 0) is 9.47 Å². The first-order valence-electron chi connectivity index (χ1n) is 7.46. The minimum Gasteiger partial charge on any atom is -0.501 e. The quantitative estimate of drug-likeness (QED) is 0.774. The summed E-state index contributed by atoms with van der Waals surface area (Å²) in [5.74, 6) is 2.47. The van der Waals surface area contributed by atoms with Crippen LogP contribution >= 0.6 is 0 Å². The molecule has 0 saturated heterocycles. The topological polar surface area (TPSA) is 38.7 Å². The van der Waals surface area contributed by atoms with Crippen molar-refractivity contribution in [1.29, 1.82) is 0 Å². The van der Waals surface area contributed by atoms with Crippen molar-refractivity contribution >= 4 is 0 Å². The second-order valence-corrected chi connectivity index (χ2v) is 6.36. The molecule has 0 radical (unpaired) electrons. The summed E-state index contributed by atoms with van der Waals surface area (Å²) in [7, 11) is 1.71. The summed E-state index contributed by atoms with van der Waals surface area (Å²) < 4.78 is 11.4. The zero-order valence-electron chi connectivity index (χ0n) is 12.8. The third-order valence-corrected chi connectivity index (χ3v) is 3.96. The molecule has 1 N–H and O–H groups in total. The average Bonchev–Trinajstić information content (AvgIpc) is 3.21. The summed E-state index contributed by atoms with van der Waals surface area (Å²) in [6.07, 6.45) is 10.1. The summed E-state index contributed by atoms with van der Waals surface area (Å²) in [5, 5.41) is 9.39. The van der Waals surface area contributed by atoms with Gasteiger partial charge in [-0.2, -0.15) is 0 Å². The van der Waals surface area contributed by atoms with Crippen LogP contribution in [0.3, 0.4) is 0 Å². The van der Waals surface area contributed by atoms with E-state index in [2.05, 4.69) is 26.0 Å². The fourth-order valence-corrected chi connectivity index (χ4v) is 2.35. The highest BCUT2D eigenvalue weighted by atomic mass is 16.5. The molecule has 0 aromatic rings. The molecule has 0 spiro atoms. The van der Waals surface area contributed by atoms with E-state index in [1.807, 2.05) is 6.08 Å². The number of rotatable bonds is 7. The lowest BCUT2D eigenvalue weighted by molar-refractivity contribution is 0.108. The van der Waals surface area contributed by atoms with Gasteiger partial charge in [-0.15, -0.1) is 0 Å². The van der Waals surface area contributed by atoms with Crippen molar-refractivity contribution < 1.29 is 14.6 Å². The van der Waals surface area contributed by atoms with Crippen molar-refractivity contribution in [3.05, 3.63) is 35.3 Å². The van der Waals surface area contributed by atoms with Crippen molar-refractivity contribution in [1.82, 2.24) is 0 Å². The van der Waals surface area contributed by atoms with Crippen molar-refractivity contribution in [2.24, 2.45) is 11.3 Å². The number of aliphatic hydroxyl groups is 1. The SMILES string of the molecule is COC1=CC(CC(C)C)=C(OCC2(CO)CC2)C=CC1. The Kier molecular flexibility index (Phi) is 4.92. The van der Waals surface area contributed by atoms with Crippen LogP contribution in [0.25, 0.3) is 0 Å². The Hall–Kier alpha value is -1.22. The number of ether oxygens (including phenoxy) is 2. The summed E-state index contributed by atoms with van der Waals surface area (Å²) in [6.45, 7) is 5.24. The van der Waals surface area contributed by atoms with Gasteiger partial charge in [0.25, 0.3) is 0 Å². The Morgan fingerprint density at radius 3 is 2.65 bits per heavy atom. The van der Waals surface area contributed by atoms with Gasteiger partial charge in [-0.3, -0.25) is 0 Å². The van der Waals surface area contributed by atoms with Crippen LogP contribution in [0.4, 0.5) is 0 Å². The molecule has 1 fully saturated rings. The number of methoxy groups -OCH3 is 1. The van der Waals surface area contributed by atoms with Gasteiger partial charge in [0, 0.05) is 11.8 Å². The Labute approximate surface area is 122 Å². The van der Waals surface area contributed by atoms with Gasteiger partial charge in [-0.25, -0.2) is 0 Å². The fraction of sp³-hybridized carbons (Fsp3) is 0.647. The summed E-state index contributed by atoms with van der Waals surface area (Å²) in [6, 6.07) is 0. The molecule has 2 aliphatic rings. The maximum atomic E-state index is 9.39. The van der Waals surface area contributed by atoms with E-state index in [4.69, 9.17) is 9.47 Å². The van der Waals surface area contributed by atoms with Crippen LogP contribution in [-0.4, -0.2) is 25.4 Å². The molecule has 0 aromatic heterocycles. The van der Waals surface area contributed by atoms with Crippen molar-refractivity contribution in [3.63, 3.8) is 0 Å². The number of hydrogen-bond acceptors (Lipinski definition) is 3. The minimum atomic E-state index is 0.0177. The van der Waals surface area contributed by atoms with Crippen molar-refractivity contribution in [3.8, 4) is 0 Å². The Morgan fingerprint density at radius 2 is 2.10 bits per heavy atom. The van der Waals surface area contributed by atoms with Gasteiger partial charge in [0.15, 0.2) is 0 Å². The molecule has 2 rings (SSSR count). The van der Waals surface area contributed by atoms with E-state index >= 15 is 0 Å². The first-order chi connectivity index (χ1) is 9.58. The zero-order chi connectivity index (χ0) is 14.6. The largest absolute Gasteiger partial charge is 0.501 e. The summed E-state index contributed by atoms with van der Waals surface area (Å²) in [4.78, 5) is 0. The van der Waals surface area contributed by atoms with E-state index in [0.29, 0.717) is 12.5 Å². The standard InChI is InChI=1S/C17H26O3/c1-13(2)9-14-10-15(19-3)5-4-6-16(14)20-12-17(11-18)7-8-17/h4,6,10,13,18H,5,7-9,11-12H2,1-3H3. The van der Waals surface area contributed by atoms with Crippen molar-refractivity contribution in [2.45, 2.75) is 39.5 Å². The van der Waals surface area contributed by atoms with Gasteiger partial charge < -0.3 is 14.6 Å². The number of hydrogen-bond donors (Lipinski definition) is 1. The van der Waals surface area contributed by atoms with Crippen LogP contribution in [0.2, 0.25) is 0 Å². The van der Waals surface area contributed by atoms with Crippen LogP contribution in [0.15, 0.2) is 35.3 Å². The first-order valence-corrected chi connectivity index (χ1v) is 7.46. The smallest absolute Gasteiger partial charge is 0.122 e. The lowest BCUT2D eigenvalue weighted by atomic mass is 10.0. The normalized spacial score (nSPS) is 20.8. The van der Waals surface area contributed by atoms with Crippen molar-refractivity contribution in [2.75, 3.05) is 20.3 Å². The highest BCUT2D eigenvalue weighted by molar-refractivity contribution is 5.34. The van der Waals surface area contributed by atoms with Gasteiger partial charge in [0.2, 0.25) is 0 Å². The molecule has 1 saturated carbocycles. The van der Waals surface area contributed by atoms with Crippen LogP contribution in [0, 0.1) is 11.3 Å². The van der Waals surface area contributed by atoms with Gasteiger partial charge in [0.1, 0.15) is 5.76 Å². The molecule has 20 heavy (non-hydrogen) atoms. The van der Waals surface area contributed by atoms with E-state index in [1.54, 1.807) is 7.11 Å². The maximum Gasteiger partial charge on any atom is 0.122 e. The molecule has 0 heterocycles. The summed E-state index contributed by atoms with van der Waals surface area (Å²) in [5.41, 5.74) is 1.21. The molecule has 3 heteroatoms. The second kappa shape index (κ2) is 6.49. The van der Waals surface area contributed by atoms with E-state index in [1.165, 1.54) is 5.57 Å². The number of allylic oxidation sites excluding steroid dienone is 4. The van der Waals surface area contributed by atoms with E-state index < -0.39 is 0 Å². The molecule has 0 bridgehead atoms. The molecule has 3 nitrogen and oxygen atoms in total. The highest BCUT2D eigenvalue weighted by Crippen LogP contribution is 2.45. The highest BCUT2D eigenvalue weighted by Gasteiger charge is 2.43. The van der Waals surface area contributed by atoms with Gasteiger partial charge in [-0.1, -0.05) is 19.9 Å². The van der Waals surface area contributed by atoms with E-state index in [0.717, 1.165) is 37.2 Å². The second-order valence-electron chi connectivity index (χ2n) is 6.36. The minimum absolute atomic E-state index is 0.0177. The molecule has 0 atom stereocenters.